The molecule has 1 fully saturated rings. The third kappa shape index (κ3) is 3.74. The van der Waals surface area contributed by atoms with Crippen molar-refractivity contribution in [3.8, 4) is 11.3 Å². The lowest BCUT2D eigenvalue weighted by Gasteiger charge is -2.31. The molecular formula is C17H20ClN3O2. The van der Waals surface area contributed by atoms with Crippen molar-refractivity contribution in [2.45, 2.75) is 19.3 Å². The monoisotopic (exact) mass is 333 g/mol. The molecule has 0 spiro atoms. The lowest BCUT2D eigenvalue weighted by Crippen LogP contribution is -2.38. The van der Waals surface area contributed by atoms with E-state index in [1.165, 1.54) is 0 Å². The van der Waals surface area contributed by atoms with Crippen molar-refractivity contribution >= 4 is 17.5 Å². The predicted molar refractivity (Wildman–Crippen MR) is 89.4 cm³/mol. The van der Waals surface area contributed by atoms with Crippen molar-refractivity contribution in [1.29, 1.82) is 0 Å². The van der Waals surface area contributed by atoms with E-state index >= 15 is 0 Å². The molecule has 23 heavy (non-hydrogen) atoms. The number of aromatic amines is 1. The second-order valence-electron chi connectivity index (χ2n) is 5.92. The second kappa shape index (κ2) is 7.15. The molecule has 5 nitrogen and oxygen atoms in total. The van der Waals surface area contributed by atoms with Gasteiger partial charge in [0.2, 0.25) is 0 Å². The van der Waals surface area contributed by atoms with E-state index in [4.69, 9.17) is 16.7 Å². The average molecular weight is 334 g/mol. The third-order valence-electron chi connectivity index (χ3n) is 4.39. The minimum Gasteiger partial charge on any atom is -0.396 e. The van der Waals surface area contributed by atoms with Crippen molar-refractivity contribution in [2.24, 2.45) is 5.92 Å². The average Bonchev–Trinajstić information content (AvgIpc) is 3.06. The van der Waals surface area contributed by atoms with Crippen LogP contribution in [0.2, 0.25) is 5.02 Å². The first-order chi connectivity index (χ1) is 11.2. The Bertz CT molecular complexity index is 661. The number of nitrogens with one attached hydrogen (secondary N) is 1. The summed E-state index contributed by atoms with van der Waals surface area (Å²) in [5.74, 6) is 0.510. The number of aliphatic hydroxyl groups is 1. The Hall–Kier alpha value is -1.85. The van der Waals surface area contributed by atoms with Gasteiger partial charge in [-0.3, -0.25) is 9.89 Å². The van der Waals surface area contributed by atoms with E-state index in [0.29, 0.717) is 16.6 Å². The van der Waals surface area contributed by atoms with E-state index in [9.17, 15) is 4.79 Å². The van der Waals surface area contributed by atoms with Gasteiger partial charge >= 0.3 is 0 Å². The van der Waals surface area contributed by atoms with Gasteiger partial charge in [-0.2, -0.15) is 5.10 Å². The smallest absolute Gasteiger partial charge is 0.271 e. The summed E-state index contributed by atoms with van der Waals surface area (Å²) < 4.78 is 0. The number of rotatable bonds is 4. The number of likely N-dealkylation sites (tertiary alicyclic amines) is 1. The number of carbonyl (C=O) groups excluding carboxylic acids is 1. The van der Waals surface area contributed by atoms with E-state index in [-0.39, 0.29) is 12.5 Å². The van der Waals surface area contributed by atoms with E-state index in [0.717, 1.165) is 43.6 Å². The van der Waals surface area contributed by atoms with Crippen LogP contribution in [0.3, 0.4) is 0 Å². The van der Waals surface area contributed by atoms with Crippen LogP contribution >= 0.6 is 11.6 Å². The molecule has 122 valence electrons. The van der Waals surface area contributed by atoms with Gasteiger partial charge in [0, 0.05) is 30.3 Å². The van der Waals surface area contributed by atoms with Crippen molar-refractivity contribution < 1.29 is 9.90 Å². The number of nitrogens with zero attached hydrogens (tertiary/aromatic N) is 2. The molecule has 1 amide bonds. The molecule has 0 aliphatic carbocycles. The highest BCUT2D eigenvalue weighted by Crippen LogP contribution is 2.23. The van der Waals surface area contributed by atoms with Crippen LogP contribution in [-0.2, 0) is 0 Å². The number of halogens is 1. The molecule has 1 saturated heterocycles. The summed E-state index contributed by atoms with van der Waals surface area (Å²) >= 11 is 5.89. The fraction of sp³-hybridized carbons (Fsp3) is 0.412. The molecule has 0 radical (unpaired) electrons. The third-order valence-corrected chi connectivity index (χ3v) is 4.64. The fourth-order valence-corrected chi connectivity index (χ4v) is 3.10. The predicted octanol–water partition coefficient (Wildman–Crippen LogP) is 2.96. The second-order valence-corrected chi connectivity index (χ2v) is 6.36. The molecule has 3 rings (SSSR count). The van der Waals surface area contributed by atoms with Crippen LogP contribution in [0.5, 0.6) is 0 Å². The minimum atomic E-state index is -0.0137. The summed E-state index contributed by atoms with van der Waals surface area (Å²) in [7, 11) is 0. The van der Waals surface area contributed by atoms with Gasteiger partial charge in [0.25, 0.3) is 5.91 Å². The lowest BCUT2D eigenvalue weighted by molar-refractivity contribution is 0.0672. The van der Waals surface area contributed by atoms with Gasteiger partial charge in [-0.15, -0.1) is 0 Å². The maximum atomic E-state index is 12.5. The Morgan fingerprint density at radius 1 is 1.30 bits per heavy atom. The Labute approximate surface area is 140 Å². The summed E-state index contributed by atoms with van der Waals surface area (Å²) in [6.45, 7) is 1.70. The molecule has 0 atom stereocenters. The molecular weight excluding hydrogens is 314 g/mol. The zero-order valence-corrected chi connectivity index (χ0v) is 13.6. The molecule has 0 bridgehead atoms. The zero-order chi connectivity index (χ0) is 16.2. The van der Waals surface area contributed by atoms with Crippen molar-refractivity contribution in [3.05, 3.63) is 41.0 Å². The quantitative estimate of drug-likeness (QED) is 0.903. The number of amides is 1. The van der Waals surface area contributed by atoms with Gasteiger partial charge in [0.05, 0.1) is 5.69 Å². The molecule has 1 aromatic carbocycles. The van der Waals surface area contributed by atoms with Crippen LogP contribution in [0.4, 0.5) is 0 Å². The maximum Gasteiger partial charge on any atom is 0.271 e. The van der Waals surface area contributed by atoms with E-state index in [1.807, 2.05) is 17.0 Å². The van der Waals surface area contributed by atoms with Gasteiger partial charge in [-0.1, -0.05) is 23.7 Å². The van der Waals surface area contributed by atoms with E-state index in [2.05, 4.69) is 10.2 Å². The SMILES string of the molecule is O=C(c1cc(-c2ccc(Cl)cc2)n[nH]1)N1CCC(CCO)CC1. The molecule has 1 aromatic heterocycles. The molecule has 0 saturated carbocycles. The number of carbonyl (C=O) groups is 1. The van der Waals surface area contributed by atoms with Gasteiger partial charge in [-0.05, 0) is 43.4 Å². The van der Waals surface area contributed by atoms with Crippen LogP contribution < -0.4 is 0 Å². The van der Waals surface area contributed by atoms with Crippen LogP contribution in [0.15, 0.2) is 30.3 Å². The van der Waals surface area contributed by atoms with E-state index in [1.54, 1.807) is 18.2 Å². The number of aromatic nitrogens is 2. The number of piperidine rings is 1. The van der Waals surface area contributed by atoms with Crippen molar-refractivity contribution in [2.75, 3.05) is 19.7 Å². The molecule has 2 aromatic rings. The van der Waals surface area contributed by atoms with Crippen LogP contribution in [0.1, 0.15) is 29.8 Å². The largest absolute Gasteiger partial charge is 0.396 e. The topological polar surface area (TPSA) is 69.2 Å². The summed E-state index contributed by atoms with van der Waals surface area (Å²) in [5.41, 5.74) is 2.17. The number of H-pyrrole nitrogens is 1. The highest BCUT2D eigenvalue weighted by atomic mass is 35.5. The van der Waals surface area contributed by atoms with Gasteiger partial charge < -0.3 is 10.0 Å². The highest BCUT2D eigenvalue weighted by molar-refractivity contribution is 6.30. The molecule has 1 aliphatic heterocycles. The number of benzene rings is 1. The first-order valence-electron chi connectivity index (χ1n) is 7.89. The van der Waals surface area contributed by atoms with Crippen LogP contribution in [-0.4, -0.2) is 45.8 Å². The molecule has 2 heterocycles. The summed E-state index contributed by atoms with van der Waals surface area (Å²) in [5, 5.41) is 16.7. The summed E-state index contributed by atoms with van der Waals surface area (Å²) in [6.07, 6.45) is 2.72. The Kier molecular flexibility index (Phi) is 4.98. The molecule has 6 heteroatoms. The normalized spacial score (nSPS) is 15.8. The molecule has 1 aliphatic rings. The first kappa shape index (κ1) is 16.0. The Balaban J connectivity index is 1.66. The Morgan fingerprint density at radius 3 is 2.65 bits per heavy atom. The standard InChI is InChI=1S/C17H20ClN3O2/c18-14-3-1-13(2-4-14)15-11-16(20-19-15)17(23)21-8-5-12(6-9-21)7-10-22/h1-4,11-12,22H,5-10H2,(H,19,20). The number of hydrogen-bond donors (Lipinski definition) is 2. The van der Waals surface area contributed by atoms with Crippen molar-refractivity contribution in [1.82, 2.24) is 15.1 Å². The molecule has 2 N–H and O–H groups in total. The Morgan fingerprint density at radius 2 is 2.00 bits per heavy atom. The van der Waals surface area contributed by atoms with Crippen LogP contribution in [0.25, 0.3) is 11.3 Å². The summed E-state index contributed by atoms with van der Waals surface area (Å²) in [4.78, 5) is 14.4. The molecule has 0 unspecified atom stereocenters. The van der Waals surface area contributed by atoms with Crippen LogP contribution in [0, 0.1) is 5.92 Å². The highest BCUT2D eigenvalue weighted by Gasteiger charge is 2.24. The minimum absolute atomic E-state index is 0.0137. The summed E-state index contributed by atoms with van der Waals surface area (Å²) in [6, 6.07) is 9.16. The fourth-order valence-electron chi connectivity index (χ4n) is 2.98. The zero-order valence-electron chi connectivity index (χ0n) is 12.8. The van der Waals surface area contributed by atoms with Gasteiger partial charge in [-0.25, -0.2) is 0 Å². The maximum absolute atomic E-state index is 12.5. The van der Waals surface area contributed by atoms with E-state index < -0.39 is 0 Å². The van der Waals surface area contributed by atoms with Gasteiger partial charge in [0.15, 0.2) is 0 Å². The first-order valence-corrected chi connectivity index (χ1v) is 8.26. The lowest BCUT2D eigenvalue weighted by atomic mass is 9.94. The number of aliphatic hydroxyl groups excluding tert-OH is 1. The van der Waals surface area contributed by atoms with Gasteiger partial charge in [0.1, 0.15) is 5.69 Å². The number of hydrogen-bond acceptors (Lipinski definition) is 3. The van der Waals surface area contributed by atoms with Crippen molar-refractivity contribution in [3.63, 3.8) is 0 Å².